The van der Waals surface area contributed by atoms with Crippen molar-refractivity contribution in [3.8, 4) is 0 Å². The molecule has 4 aliphatic carbocycles. The Morgan fingerprint density at radius 3 is 2.38 bits per heavy atom. The van der Waals surface area contributed by atoms with Crippen LogP contribution in [-0.2, 0) is 9.47 Å². The van der Waals surface area contributed by atoms with E-state index in [1.165, 1.54) is 31.3 Å². The highest BCUT2D eigenvalue weighted by Gasteiger charge is 2.57. The molecule has 0 bridgehead atoms. The SMILES string of the molecule is CC(C)C(C)/C=C/C(C)[C@H]1CC[C@H]2C3=CC=C4C[C@@H](O[C@@H]5O[C@H](CO)[C@@H](O)[C@H](O)[C@H]5O)CC[C@]4(C)[C@H]3CC[C@]12C. The van der Waals surface area contributed by atoms with Crippen molar-refractivity contribution in [3.05, 3.63) is 35.5 Å². The third-order valence-corrected chi connectivity index (χ3v) is 12.2. The highest BCUT2D eigenvalue weighted by Crippen LogP contribution is 2.66. The largest absolute Gasteiger partial charge is 0.394 e. The summed E-state index contributed by atoms with van der Waals surface area (Å²) in [4.78, 5) is 0. The van der Waals surface area contributed by atoms with Crippen LogP contribution in [0, 0.1) is 46.3 Å². The fourth-order valence-electron chi connectivity index (χ4n) is 9.07. The first-order valence-corrected chi connectivity index (χ1v) is 16.0. The van der Waals surface area contributed by atoms with Crippen LogP contribution in [0.3, 0.4) is 0 Å². The quantitative estimate of drug-likeness (QED) is 0.323. The molecule has 0 aromatic rings. The second kappa shape index (κ2) is 11.6. The van der Waals surface area contributed by atoms with E-state index < -0.39 is 37.3 Å². The zero-order valence-electron chi connectivity index (χ0n) is 25.5. The molecule has 13 atom stereocenters. The van der Waals surface area contributed by atoms with E-state index in [1.54, 1.807) is 5.57 Å². The Labute approximate surface area is 241 Å². The maximum Gasteiger partial charge on any atom is 0.186 e. The Bertz CT molecular complexity index is 1000. The predicted molar refractivity (Wildman–Crippen MR) is 156 cm³/mol. The zero-order chi connectivity index (χ0) is 29.0. The average molecular weight is 559 g/mol. The summed E-state index contributed by atoms with van der Waals surface area (Å²) in [6.07, 6.45) is 11.3. The van der Waals surface area contributed by atoms with Gasteiger partial charge in [-0.25, -0.2) is 0 Å². The van der Waals surface area contributed by atoms with Crippen LogP contribution in [0.25, 0.3) is 0 Å². The number of rotatable bonds is 7. The molecule has 5 rings (SSSR count). The number of ether oxygens (including phenoxy) is 2. The van der Waals surface area contributed by atoms with Gasteiger partial charge in [0.05, 0.1) is 12.7 Å². The lowest BCUT2D eigenvalue weighted by Crippen LogP contribution is -2.60. The minimum atomic E-state index is -1.41. The molecule has 0 radical (unpaired) electrons. The van der Waals surface area contributed by atoms with E-state index in [-0.39, 0.29) is 11.5 Å². The molecule has 0 amide bonds. The second-order valence-corrected chi connectivity index (χ2v) is 14.7. The molecule has 226 valence electrons. The van der Waals surface area contributed by atoms with Crippen LogP contribution in [0.2, 0.25) is 0 Å². The van der Waals surface area contributed by atoms with Crippen LogP contribution in [0.5, 0.6) is 0 Å². The van der Waals surface area contributed by atoms with Crippen LogP contribution < -0.4 is 0 Å². The van der Waals surface area contributed by atoms with Gasteiger partial charge in [0.2, 0.25) is 0 Å². The standard InChI is InChI=1S/C34H54O6/c1-19(2)20(3)7-8-21(4)25-11-12-26-24-10-9-22-17-23(13-15-33(22,5)27(24)14-16-34(25,26)6)39-32-31(38)30(37)29(36)28(18-35)40-32/h7-10,19-21,23,25-32,35-38H,11-18H2,1-6H3/b8-7+/t20?,21?,23-,25+,26-,27-,28+,29+,30-,31+,32+,33-,34+/m0/s1. The van der Waals surface area contributed by atoms with Crippen molar-refractivity contribution in [1.82, 2.24) is 0 Å². The van der Waals surface area contributed by atoms with Gasteiger partial charge in [-0.3, -0.25) is 0 Å². The molecular weight excluding hydrogens is 504 g/mol. The van der Waals surface area contributed by atoms with E-state index in [4.69, 9.17) is 9.47 Å². The average Bonchev–Trinajstić information content (AvgIpc) is 3.29. The highest BCUT2D eigenvalue weighted by atomic mass is 16.7. The van der Waals surface area contributed by atoms with Crippen LogP contribution in [-0.4, -0.2) is 63.8 Å². The first-order chi connectivity index (χ1) is 18.9. The van der Waals surface area contributed by atoms with Crippen molar-refractivity contribution in [3.63, 3.8) is 0 Å². The molecule has 0 aromatic heterocycles. The van der Waals surface area contributed by atoms with E-state index in [0.717, 1.165) is 25.2 Å². The Hall–Kier alpha value is -1.02. The maximum absolute atomic E-state index is 10.5. The lowest BCUT2D eigenvalue weighted by atomic mass is 9.50. The normalized spacial score (nSPS) is 46.8. The van der Waals surface area contributed by atoms with Crippen molar-refractivity contribution >= 4 is 0 Å². The molecule has 1 heterocycles. The van der Waals surface area contributed by atoms with Gasteiger partial charge >= 0.3 is 0 Å². The van der Waals surface area contributed by atoms with E-state index >= 15 is 0 Å². The van der Waals surface area contributed by atoms with Gasteiger partial charge in [-0.15, -0.1) is 0 Å². The van der Waals surface area contributed by atoms with Gasteiger partial charge < -0.3 is 29.9 Å². The summed E-state index contributed by atoms with van der Waals surface area (Å²) in [6.45, 7) is 14.0. The molecule has 0 spiro atoms. The molecular formula is C34H54O6. The Morgan fingerprint density at radius 2 is 1.68 bits per heavy atom. The second-order valence-electron chi connectivity index (χ2n) is 14.7. The van der Waals surface area contributed by atoms with Crippen molar-refractivity contribution in [2.75, 3.05) is 6.61 Å². The molecule has 6 nitrogen and oxygen atoms in total. The van der Waals surface area contributed by atoms with Crippen LogP contribution in [0.4, 0.5) is 0 Å². The monoisotopic (exact) mass is 558 g/mol. The minimum absolute atomic E-state index is 0.122. The number of hydrogen-bond acceptors (Lipinski definition) is 6. The number of aliphatic hydroxyl groups is 4. The van der Waals surface area contributed by atoms with Gasteiger partial charge in [0, 0.05) is 0 Å². The Morgan fingerprint density at radius 1 is 0.925 bits per heavy atom. The molecule has 5 aliphatic rings. The third kappa shape index (κ3) is 5.20. The molecule has 6 heteroatoms. The number of allylic oxidation sites excluding steroid dienone is 5. The summed E-state index contributed by atoms with van der Waals surface area (Å²) < 4.78 is 11.8. The predicted octanol–water partition coefficient (Wildman–Crippen LogP) is 5.16. The summed E-state index contributed by atoms with van der Waals surface area (Å²) >= 11 is 0. The number of hydrogen-bond donors (Lipinski definition) is 4. The molecule has 1 saturated heterocycles. The van der Waals surface area contributed by atoms with Crippen LogP contribution >= 0.6 is 0 Å². The number of aliphatic hydroxyl groups excluding tert-OH is 4. The topological polar surface area (TPSA) is 99.4 Å². The van der Waals surface area contributed by atoms with Crippen molar-refractivity contribution in [2.24, 2.45) is 46.3 Å². The van der Waals surface area contributed by atoms with Gasteiger partial charge in [0.1, 0.15) is 24.4 Å². The third-order valence-electron chi connectivity index (χ3n) is 12.2. The van der Waals surface area contributed by atoms with Gasteiger partial charge in [0.15, 0.2) is 6.29 Å². The summed E-state index contributed by atoms with van der Waals surface area (Å²) in [5.41, 5.74) is 3.58. The summed E-state index contributed by atoms with van der Waals surface area (Å²) in [7, 11) is 0. The highest BCUT2D eigenvalue weighted by molar-refractivity contribution is 5.39. The van der Waals surface area contributed by atoms with Crippen molar-refractivity contribution < 1.29 is 29.9 Å². The summed E-state index contributed by atoms with van der Waals surface area (Å²) in [5, 5.41) is 40.3. The molecule has 4 fully saturated rings. The van der Waals surface area contributed by atoms with Crippen LogP contribution in [0.15, 0.2) is 35.5 Å². The van der Waals surface area contributed by atoms with Gasteiger partial charge in [-0.05, 0) is 91.3 Å². The molecule has 3 saturated carbocycles. The van der Waals surface area contributed by atoms with E-state index in [9.17, 15) is 20.4 Å². The smallest absolute Gasteiger partial charge is 0.186 e. The first-order valence-electron chi connectivity index (χ1n) is 16.0. The Balaban J connectivity index is 1.29. The van der Waals surface area contributed by atoms with E-state index in [2.05, 4.69) is 65.8 Å². The lowest BCUT2D eigenvalue weighted by molar-refractivity contribution is -0.312. The van der Waals surface area contributed by atoms with E-state index in [0.29, 0.717) is 35.0 Å². The molecule has 0 aromatic carbocycles. The van der Waals surface area contributed by atoms with Crippen molar-refractivity contribution in [2.45, 2.75) is 123 Å². The Kier molecular flexibility index (Phi) is 8.81. The molecule has 40 heavy (non-hydrogen) atoms. The van der Waals surface area contributed by atoms with Gasteiger partial charge in [0.25, 0.3) is 0 Å². The molecule has 4 N–H and O–H groups in total. The van der Waals surface area contributed by atoms with Crippen molar-refractivity contribution in [1.29, 1.82) is 0 Å². The van der Waals surface area contributed by atoms with Crippen LogP contribution in [0.1, 0.15) is 86.5 Å². The fourth-order valence-corrected chi connectivity index (χ4v) is 9.07. The van der Waals surface area contributed by atoms with Gasteiger partial charge in [-0.1, -0.05) is 77.0 Å². The zero-order valence-corrected chi connectivity index (χ0v) is 25.5. The maximum atomic E-state index is 10.5. The lowest BCUT2D eigenvalue weighted by Gasteiger charge is -2.55. The fraction of sp³-hybridized carbons (Fsp3) is 0.824. The molecule has 1 aliphatic heterocycles. The summed E-state index contributed by atoms with van der Waals surface area (Å²) in [5.74, 6) is 3.87. The van der Waals surface area contributed by atoms with E-state index in [1.807, 2.05) is 0 Å². The summed E-state index contributed by atoms with van der Waals surface area (Å²) in [6, 6.07) is 0. The van der Waals surface area contributed by atoms with Gasteiger partial charge in [-0.2, -0.15) is 0 Å². The minimum Gasteiger partial charge on any atom is -0.394 e. The first kappa shape index (κ1) is 30.4. The number of fused-ring (bicyclic) bond motifs is 5. The molecule has 2 unspecified atom stereocenters.